The van der Waals surface area contributed by atoms with Crippen molar-refractivity contribution in [2.24, 2.45) is 10.4 Å². The van der Waals surface area contributed by atoms with E-state index in [2.05, 4.69) is 56.3 Å². The van der Waals surface area contributed by atoms with Gasteiger partial charge in [-0.05, 0) is 60.1 Å². The number of Topliss-reactive ketones (excluding diaryl/α,β-unsaturated/α-hetero) is 1. The average Bonchev–Trinajstić information content (AvgIpc) is 2.88. The Morgan fingerprint density at radius 2 is 1.62 bits per heavy atom. The fraction of sp³-hybridized carbons (Fsp3) is 0.387. The quantitative estimate of drug-likeness (QED) is 0.278. The van der Waals surface area contributed by atoms with Crippen molar-refractivity contribution >= 4 is 23.1 Å². The number of benzene rings is 2. The van der Waals surface area contributed by atoms with Gasteiger partial charge in [0.2, 0.25) is 0 Å². The Balaban J connectivity index is 0.00000258. The van der Waals surface area contributed by atoms with E-state index in [-0.39, 0.29) is 11.2 Å². The predicted molar refractivity (Wildman–Crippen MR) is 150 cm³/mol. The lowest BCUT2D eigenvalue weighted by Gasteiger charge is -2.25. The normalized spacial score (nSPS) is 10.6. The molecule has 0 N–H and O–H groups in total. The van der Waals surface area contributed by atoms with Crippen molar-refractivity contribution < 1.29 is 4.79 Å². The second-order valence-corrected chi connectivity index (χ2v) is 8.41. The fourth-order valence-corrected chi connectivity index (χ4v) is 3.46. The number of aliphatic imine (C=N–C) groups is 1. The number of rotatable bonds is 9. The summed E-state index contributed by atoms with van der Waals surface area (Å²) in [5.41, 5.74) is 6.36. The van der Waals surface area contributed by atoms with Crippen LogP contribution in [0.4, 0.5) is 0 Å². The maximum atomic E-state index is 12.6. The molecule has 3 heteroatoms. The topological polar surface area (TPSA) is 53.2 Å². The van der Waals surface area contributed by atoms with E-state index >= 15 is 0 Å². The molecule has 0 heterocycles. The van der Waals surface area contributed by atoms with Crippen LogP contribution >= 0.6 is 0 Å². The standard InChI is InChI=1S/C27H30N2O.2C2H6/c1-7-21-12-13-23(16-24(21)19(2)3)25(29-6)17-27(4,5)15-14-26(30)22-10-8-20(18-28)9-11-22;2*1-2/h7-13,16H,1-2,14-15,17H2,3-6H3;2*1-2H3. The Hall–Kier alpha value is -3.25. The van der Waals surface area contributed by atoms with Crippen LogP contribution in [0.2, 0.25) is 0 Å². The molecule has 0 spiro atoms. The van der Waals surface area contributed by atoms with E-state index in [4.69, 9.17) is 5.26 Å². The highest BCUT2D eigenvalue weighted by Gasteiger charge is 2.23. The van der Waals surface area contributed by atoms with Crippen molar-refractivity contribution in [1.82, 2.24) is 0 Å². The van der Waals surface area contributed by atoms with Gasteiger partial charge in [0.1, 0.15) is 0 Å². The second kappa shape index (κ2) is 15.6. The van der Waals surface area contributed by atoms with E-state index in [1.165, 1.54) is 0 Å². The van der Waals surface area contributed by atoms with Crippen LogP contribution in [0, 0.1) is 16.7 Å². The molecule has 0 amide bonds. The third-order valence-electron chi connectivity index (χ3n) is 5.35. The zero-order valence-corrected chi connectivity index (χ0v) is 22.5. The molecule has 0 aromatic heterocycles. The molecule has 0 fully saturated rings. The third kappa shape index (κ3) is 9.32. The summed E-state index contributed by atoms with van der Waals surface area (Å²) in [6.45, 7) is 22.3. The third-order valence-corrected chi connectivity index (χ3v) is 5.35. The molecule has 0 atom stereocenters. The molecule has 0 aliphatic heterocycles. The van der Waals surface area contributed by atoms with Gasteiger partial charge in [-0.25, -0.2) is 0 Å². The molecule has 0 unspecified atom stereocenters. The Bertz CT molecular complexity index is 1020. The minimum Gasteiger partial charge on any atom is -0.294 e. The van der Waals surface area contributed by atoms with E-state index in [1.54, 1.807) is 24.3 Å². The molecular formula is C31H42N2O. The van der Waals surface area contributed by atoms with Gasteiger partial charge in [-0.15, -0.1) is 0 Å². The van der Waals surface area contributed by atoms with Crippen molar-refractivity contribution in [3.8, 4) is 6.07 Å². The molecule has 2 aromatic rings. The van der Waals surface area contributed by atoms with Crippen molar-refractivity contribution in [1.29, 1.82) is 5.26 Å². The first-order valence-corrected chi connectivity index (χ1v) is 12.1. The van der Waals surface area contributed by atoms with Gasteiger partial charge in [0.05, 0.1) is 11.6 Å². The number of carbonyl (C=O) groups is 1. The van der Waals surface area contributed by atoms with Crippen LogP contribution < -0.4 is 0 Å². The smallest absolute Gasteiger partial charge is 0.162 e. The van der Waals surface area contributed by atoms with E-state index in [1.807, 2.05) is 47.7 Å². The molecule has 0 radical (unpaired) electrons. The largest absolute Gasteiger partial charge is 0.294 e. The molecule has 3 nitrogen and oxygen atoms in total. The second-order valence-electron chi connectivity index (χ2n) is 8.41. The molecule has 0 aliphatic rings. The number of nitrogens with zero attached hydrogens (tertiary/aromatic N) is 2. The minimum absolute atomic E-state index is 0.0857. The molecular weight excluding hydrogens is 416 g/mol. The zero-order valence-electron chi connectivity index (χ0n) is 22.5. The Morgan fingerprint density at radius 3 is 2.09 bits per heavy atom. The van der Waals surface area contributed by atoms with E-state index in [9.17, 15) is 4.79 Å². The number of allylic oxidation sites excluding steroid dienone is 1. The summed E-state index contributed by atoms with van der Waals surface area (Å²) in [7, 11) is 1.81. The number of carbonyl (C=O) groups excluding carboxylic acids is 1. The van der Waals surface area contributed by atoms with Crippen LogP contribution in [0.25, 0.3) is 11.6 Å². The summed E-state index contributed by atoms with van der Waals surface area (Å²) < 4.78 is 0. The highest BCUT2D eigenvalue weighted by atomic mass is 16.1. The average molecular weight is 459 g/mol. The van der Waals surface area contributed by atoms with Crippen LogP contribution in [0.5, 0.6) is 0 Å². The highest BCUT2D eigenvalue weighted by molar-refractivity contribution is 6.02. The van der Waals surface area contributed by atoms with Gasteiger partial charge in [0.25, 0.3) is 0 Å². The Labute approximate surface area is 208 Å². The van der Waals surface area contributed by atoms with E-state index in [0.717, 1.165) is 40.8 Å². The number of hydrogen-bond acceptors (Lipinski definition) is 3. The van der Waals surface area contributed by atoms with Crippen molar-refractivity contribution in [3.63, 3.8) is 0 Å². The maximum Gasteiger partial charge on any atom is 0.162 e. The van der Waals surface area contributed by atoms with E-state index in [0.29, 0.717) is 17.5 Å². The van der Waals surface area contributed by atoms with Gasteiger partial charge >= 0.3 is 0 Å². The molecule has 0 saturated heterocycles. The molecule has 2 aromatic carbocycles. The van der Waals surface area contributed by atoms with Crippen molar-refractivity contribution in [3.05, 3.63) is 83.4 Å². The van der Waals surface area contributed by atoms with E-state index < -0.39 is 0 Å². The highest BCUT2D eigenvalue weighted by Crippen LogP contribution is 2.31. The van der Waals surface area contributed by atoms with Gasteiger partial charge in [0, 0.05) is 24.7 Å². The Morgan fingerprint density at radius 1 is 1.06 bits per heavy atom. The lowest BCUT2D eigenvalue weighted by Crippen LogP contribution is -2.19. The van der Waals surface area contributed by atoms with Crippen LogP contribution in [0.15, 0.2) is 60.6 Å². The van der Waals surface area contributed by atoms with Gasteiger partial charge in [0.15, 0.2) is 5.78 Å². The lowest BCUT2D eigenvalue weighted by atomic mass is 9.80. The summed E-state index contributed by atoms with van der Waals surface area (Å²) in [5.74, 6) is 0.0995. The van der Waals surface area contributed by atoms with Crippen molar-refractivity contribution in [2.45, 2.75) is 67.7 Å². The molecule has 0 saturated carbocycles. The fourth-order valence-electron chi connectivity index (χ4n) is 3.46. The van der Waals surface area contributed by atoms with Gasteiger partial charge in [-0.1, -0.05) is 90.6 Å². The van der Waals surface area contributed by atoms with Crippen LogP contribution in [-0.4, -0.2) is 18.5 Å². The van der Waals surface area contributed by atoms with Gasteiger partial charge in [-0.2, -0.15) is 5.26 Å². The molecule has 2 rings (SSSR count). The first kappa shape index (κ1) is 30.8. The zero-order chi connectivity index (χ0) is 26.3. The molecule has 0 aliphatic carbocycles. The lowest BCUT2D eigenvalue weighted by molar-refractivity contribution is 0.0964. The maximum absolute atomic E-state index is 12.6. The predicted octanol–water partition coefficient (Wildman–Crippen LogP) is 8.79. The number of nitriles is 1. The van der Waals surface area contributed by atoms with Crippen LogP contribution in [-0.2, 0) is 0 Å². The SMILES string of the molecule is C=Cc1ccc(C(CC(C)(C)CCC(=O)c2ccc(C#N)cc2)=NC)cc1C(=C)C.CC.CC. The number of ketones is 1. The molecule has 34 heavy (non-hydrogen) atoms. The number of hydrogen-bond donors (Lipinski definition) is 0. The summed E-state index contributed by atoms with van der Waals surface area (Å²) in [5, 5.41) is 8.90. The summed E-state index contributed by atoms with van der Waals surface area (Å²) in [6.07, 6.45) is 3.83. The Kier molecular flexibility index (Phi) is 14.1. The summed E-state index contributed by atoms with van der Waals surface area (Å²) in [6, 6.07) is 15.2. The van der Waals surface area contributed by atoms with Crippen molar-refractivity contribution in [2.75, 3.05) is 7.05 Å². The van der Waals surface area contributed by atoms with Gasteiger partial charge < -0.3 is 0 Å². The first-order valence-electron chi connectivity index (χ1n) is 12.1. The van der Waals surface area contributed by atoms with Gasteiger partial charge in [-0.3, -0.25) is 9.79 Å². The first-order chi connectivity index (χ1) is 16.2. The molecule has 182 valence electrons. The van der Waals surface area contributed by atoms with Crippen LogP contribution in [0.3, 0.4) is 0 Å². The summed E-state index contributed by atoms with van der Waals surface area (Å²) in [4.78, 5) is 17.1. The minimum atomic E-state index is -0.0857. The monoisotopic (exact) mass is 458 g/mol. The molecule has 0 bridgehead atoms. The van der Waals surface area contributed by atoms with Crippen LogP contribution in [0.1, 0.15) is 100 Å². The summed E-state index contributed by atoms with van der Waals surface area (Å²) >= 11 is 0.